The fourth-order valence-corrected chi connectivity index (χ4v) is 3.26. The van der Waals surface area contributed by atoms with Crippen LogP contribution in [-0.4, -0.2) is 19.7 Å². The van der Waals surface area contributed by atoms with Crippen molar-refractivity contribution in [3.63, 3.8) is 0 Å². The first-order valence-electron chi connectivity index (χ1n) is 8.04. The summed E-state index contributed by atoms with van der Waals surface area (Å²) in [7, 11) is -3.44. The second-order valence-corrected chi connectivity index (χ2v) is 7.94. The molecule has 3 rings (SSSR count). The Balaban J connectivity index is 2.05. The summed E-state index contributed by atoms with van der Waals surface area (Å²) < 4.78 is 64.2. The summed E-state index contributed by atoms with van der Waals surface area (Å²) in [6.45, 7) is 0. The average molecular weight is 407 g/mol. The Bertz CT molecular complexity index is 1130. The SMILES string of the molecule is CS(=O)(=O)Nc1cccc(-c2cnc(N)c(-c3cccc(C(F)(F)F)c3)c2)c1. The van der Waals surface area contributed by atoms with Crippen LogP contribution >= 0.6 is 0 Å². The fraction of sp³-hybridized carbons (Fsp3) is 0.105. The molecule has 3 N–H and O–H groups in total. The van der Waals surface area contributed by atoms with Crippen molar-refractivity contribution in [2.75, 3.05) is 16.7 Å². The zero-order chi connectivity index (χ0) is 20.5. The van der Waals surface area contributed by atoms with Crippen molar-refractivity contribution in [1.29, 1.82) is 0 Å². The van der Waals surface area contributed by atoms with Crippen molar-refractivity contribution in [3.8, 4) is 22.3 Å². The lowest BCUT2D eigenvalue weighted by Gasteiger charge is -2.12. The number of hydrogen-bond acceptors (Lipinski definition) is 4. The first-order chi connectivity index (χ1) is 13.0. The number of anilines is 2. The monoisotopic (exact) mass is 407 g/mol. The topological polar surface area (TPSA) is 85.1 Å². The van der Waals surface area contributed by atoms with Crippen LogP contribution in [0.2, 0.25) is 0 Å². The number of hydrogen-bond donors (Lipinski definition) is 2. The molecule has 0 saturated carbocycles. The van der Waals surface area contributed by atoms with Gasteiger partial charge >= 0.3 is 6.18 Å². The van der Waals surface area contributed by atoms with Gasteiger partial charge in [0, 0.05) is 23.0 Å². The van der Waals surface area contributed by atoms with Gasteiger partial charge in [0.25, 0.3) is 0 Å². The molecular formula is C19H16F3N3O2S. The second-order valence-electron chi connectivity index (χ2n) is 6.19. The van der Waals surface area contributed by atoms with E-state index in [0.29, 0.717) is 22.4 Å². The van der Waals surface area contributed by atoms with E-state index < -0.39 is 21.8 Å². The Morgan fingerprint density at radius 1 is 0.964 bits per heavy atom. The van der Waals surface area contributed by atoms with E-state index >= 15 is 0 Å². The summed E-state index contributed by atoms with van der Waals surface area (Å²) >= 11 is 0. The zero-order valence-electron chi connectivity index (χ0n) is 14.7. The maximum Gasteiger partial charge on any atom is 0.416 e. The summed E-state index contributed by atoms with van der Waals surface area (Å²) in [5.41, 5.74) is 7.32. The molecule has 3 aromatic rings. The van der Waals surface area contributed by atoms with E-state index in [4.69, 9.17) is 5.73 Å². The van der Waals surface area contributed by atoms with Gasteiger partial charge in [-0.25, -0.2) is 13.4 Å². The number of nitrogens with zero attached hydrogens (tertiary/aromatic N) is 1. The summed E-state index contributed by atoms with van der Waals surface area (Å²) in [4.78, 5) is 4.09. The molecule has 0 spiro atoms. The minimum absolute atomic E-state index is 0.0912. The molecule has 0 fully saturated rings. The van der Waals surface area contributed by atoms with Gasteiger partial charge in [-0.05, 0) is 41.5 Å². The maximum atomic E-state index is 13.0. The van der Waals surface area contributed by atoms with Gasteiger partial charge < -0.3 is 5.73 Å². The van der Waals surface area contributed by atoms with Crippen molar-refractivity contribution in [2.24, 2.45) is 0 Å². The molecule has 0 atom stereocenters. The molecule has 5 nitrogen and oxygen atoms in total. The Labute approximate surface area is 160 Å². The number of benzene rings is 2. The number of nitrogens with one attached hydrogen (secondary N) is 1. The van der Waals surface area contributed by atoms with Crippen LogP contribution < -0.4 is 10.5 Å². The van der Waals surface area contributed by atoms with Crippen LogP contribution in [0.15, 0.2) is 60.8 Å². The van der Waals surface area contributed by atoms with Gasteiger partial charge in [0.2, 0.25) is 10.0 Å². The molecule has 28 heavy (non-hydrogen) atoms. The molecule has 1 heterocycles. The van der Waals surface area contributed by atoms with E-state index in [2.05, 4.69) is 9.71 Å². The number of nitrogen functional groups attached to an aromatic ring is 1. The molecule has 1 aromatic heterocycles. The van der Waals surface area contributed by atoms with Crippen molar-refractivity contribution < 1.29 is 21.6 Å². The zero-order valence-corrected chi connectivity index (χ0v) is 15.5. The number of aromatic nitrogens is 1. The highest BCUT2D eigenvalue weighted by Gasteiger charge is 2.30. The minimum atomic E-state index is -4.47. The molecule has 146 valence electrons. The van der Waals surface area contributed by atoms with E-state index in [1.165, 1.54) is 18.3 Å². The standard InChI is InChI=1S/C19H16F3N3O2S/c1-28(26,27)25-16-7-3-4-12(9-16)14-10-17(18(23)24-11-14)13-5-2-6-15(8-13)19(20,21)22/h2-11,25H,1H3,(H2,23,24). The van der Waals surface area contributed by atoms with Crippen LogP contribution in [-0.2, 0) is 16.2 Å². The molecule has 0 saturated heterocycles. The van der Waals surface area contributed by atoms with E-state index in [9.17, 15) is 21.6 Å². The van der Waals surface area contributed by atoms with Crippen molar-refractivity contribution in [2.45, 2.75) is 6.18 Å². The van der Waals surface area contributed by atoms with Gasteiger partial charge in [0.1, 0.15) is 5.82 Å². The van der Waals surface area contributed by atoms with Gasteiger partial charge in [0.15, 0.2) is 0 Å². The summed E-state index contributed by atoms with van der Waals surface area (Å²) in [6, 6.07) is 13.0. The minimum Gasteiger partial charge on any atom is -0.383 e. The number of sulfonamides is 1. The molecular weight excluding hydrogens is 391 g/mol. The Morgan fingerprint density at radius 2 is 1.64 bits per heavy atom. The molecule has 0 unspecified atom stereocenters. The molecule has 0 aliphatic rings. The molecule has 0 amide bonds. The molecule has 0 radical (unpaired) electrons. The summed E-state index contributed by atoms with van der Waals surface area (Å²) in [6.07, 6.45) is -1.95. The maximum absolute atomic E-state index is 13.0. The van der Waals surface area contributed by atoms with Crippen LogP contribution in [0.3, 0.4) is 0 Å². The summed E-state index contributed by atoms with van der Waals surface area (Å²) in [5.74, 6) is 0.0912. The van der Waals surface area contributed by atoms with E-state index in [1.807, 2.05) is 0 Å². The first kappa shape index (κ1) is 19.7. The quantitative estimate of drug-likeness (QED) is 0.672. The van der Waals surface area contributed by atoms with Gasteiger partial charge in [0.05, 0.1) is 11.8 Å². The third-order valence-electron chi connectivity index (χ3n) is 3.92. The third-order valence-corrected chi connectivity index (χ3v) is 4.53. The molecule has 0 aliphatic carbocycles. The highest BCUT2D eigenvalue weighted by atomic mass is 32.2. The van der Waals surface area contributed by atoms with Crippen LogP contribution in [0.5, 0.6) is 0 Å². The number of alkyl halides is 3. The lowest BCUT2D eigenvalue weighted by atomic mass is 9.99. The number of halogens is 3. The second kappa shape index (κ2) is 7.16. The Kier molecular flexibility index (Phi) is 5.03. The number of nitrogens with two attached hydrogens (primary N) is 1. The van der Waals surface area contributed by atoms with Crippen LogP contribution in [0, 0.1) is 0 Å². The lowest BCUT2D eigenvalue weighted by Crippen LogP contribution is -2.09. The highest BCUT2D eigenvalue weighted by Crippen LogP contribution is 2.35. The van der Waals surface area contributed by atoms with Crippen LogP contribution in [0.4, 0.5) is 24.7 Å². The third kappa shape index (κ3) is 4.61. The van der Waals surface area contributed by atoms with E-state index in [0.717, 1.165) is 18.4 Å². The lowest BCUT2D eigenvalue weighted by molar-refractivity contribution is -0.137. The molecule has 0 aliphatic heterocycles. The smallest absolute Gasteiger partial charge is 0.383 e. The van der Waals surface area contributed by atoms with Crippen LogP contribution in [0.1, 0.15) is 5.56 Å². The highest BCUT2D eigenvalue weighted by molar-refractivity contribution is 7.92. The normalized spacial score (nSPS) is 12.0. The number of pyridine rings is 1. The Morgan fingerprint density at radius 3 is 2.32 bits per heavy atom. The first-order valence-corrected chi connectivity index (χ1v) is 9.93. The van der Waals surface area contributed by atoms with E-state index in [-0.39, 0.29) is 11.4 Å². The van der Waals surface area contributed by atoms with E-state index in [1.54, 1.807) is 30.3 Å². The summed E-state index contributed by atoms with van der Waals surface area (Å²) in [5, 5.41) is 0. The Hall–Kier alpha value is -3.07. The largest absolute Gasteiger partial charge is 0.416 e. The van der Waals surface area contributed by atoms with Crippen molar-refractivity contribution >= 4 is 21.5 Å². The molecule has 2 aromatic carbocycles. The number of rotatable bonds is 4. The predicted octanol–water partition coefficient (Wildman–Crippen LogP) is 4.39. The van der Waals surface area contributed by atoms with Crippen molar-refractivity contribution in [3.05, 3.63) is 66.4 Å². The van der Waals surface area contributed by atoms with Crippen molar-refractivity contribution in [1.82, 2.24) is 4.98 Å². The molecule has 9 heteroatoms. The average Bonchev–Trinajstić information content (AvgIpc) is 2.60. The van der Waals surface area contributed by atoms with Gasteiger partial charge in [-0.15, -0.1) is 0 Å². The predicted molar refractivity (Wildman–Crippen MR) is 103 cm³/mol. The van der Waals surface area contributed by atoms with Gasteiger partial charge in [-0.1, -0.05) is 24.3 Å². The van der Waals surface area contributed by atoms with Gasteiger partial charge in [-0.3, -0.25) is 4.72 Å². The van der Waals surface area contributed by atoms with Crippen LogP contribution in [0.25, 0.3) is 22.3 Å². The molecule has 0 bridgehead atoms. The fourth-order valence-electron chi connectivity index (χ4n) is 2.70. The van der Waals surface area contributed by atoms with Gasteiger partial charge in [-0.2, -0.15) is 13.2 Å².